The Morgan fingerprint density at radius 1 is 0.302 bits per heavy atom. The Balaban J connectivity index is 1.24. The zero-order valence-electron chi connectivity index (χ0n) is 66.4. The third kappa shape index (κ3) is 27.6. The zero-order chi connectivity index (χ0) is 74.9. The molecule has 578 valence electrons. The number of hydrogen-bond acceptors (Lipinski definition) is 13. The van der Waals surface area contributed by atoms with Gasteiger partial charge in [-0.1, -0.05) is 280 Å². The minimum atomic E-state index is -0.515. The molecule has 0 radical (unpaired) electrons. The summed E-state index contributed by atoms with van der Waals surface area (Å²) in [4.78, 5) is 41.2. The Hall–Kier alpha value is -4.70. The van der Waals surface area contributed by atoms with Gasteiger partial charge in [-0.05, 0) is 154 Å². The van der Waals surface area contributed by atoms with E-state index in [0.717, 1.165) is 106 Å². The number of nitriles is 2. The molecule has 0 unspecified atom stereocenters. The van der Waals surface area contributed by atoms with Crippen molar-refractivity contribution in [1.29, 1.82) is 10.5 Å². The van der Waals surface area contributed by atoms with Gasteiger partial charge in [-0.3, -0.25) is 0 Å². The average Bonchev–Trinajstić information content (AvgIpc) is 1.56. The van der Waals surface area contributed by atoms with Crippen LogP contribution in [-0.2, 0) is 51.2 Å². The van der Waals surface area contributed by atoms with Crippen LogP contribution in [0.4, 0.5) is 0 Å². The van der Waals surface area contributed by atoms with Crippen molar-refractivity contribution in [3.8, 4) is 51.2 Å². The van der Waals surface area contributed by atoms with Crippen molar-refractivity contribution in [2.24, 2.45) is 0 Å². The first kappa shape index (κ1) is 86.9. The Bertz CT molecular complexity index is 3780. The highest BCUT2D eigenvalue weighted by molar-refractivity contribution is 7.34. The fourth-order valence-electron chi connectivity index (χ4n) is 14.8. The van der Waals surface area contributed by atoms with Gasteiger partial charge < -0.3 is 9.47 Å². The van der Waals surface area contributed by atoms with E-state index in [4.69, 9.17) is 9.47 Å². The molecule has 1 aromatic carbocycles. The van der Waals surface area contributed by atoms with Crippen molar-refractivity contribution in [2.45, 2.75) is 357 Å². The van der Waals surface area contributed by atoms with E-state index in [2.05, 4.69) is 114 Å². The molecular formula is C93H130N2O4S7. The number of unbranched alkanes of at least 4 members (excludes halogenated alkanes) is 36. The van der Waals surface area contributed by atoms with Crippen LogP contribution in [0.2, 0.25) is 0 Å². The van der Waals surface area contributed by atoms with Crippen LogP contribution in [-0.4, -0.2) is 25.2 Å². The molecule has 7 heterocycles. The molecule has 0 fully saturated rings. The molecule has 0 atom stereocenters. The lowest BCUT2D eigenvalue weighted by Gasteiger charge is -2.03. The maximum absolute atomic E-state index is 13.6. The van der Waals surface area contributed by atoms with Crippen molar-refractivity contribution in [3.05, 3.63) is 90.5 Å². The summed E-state index contributed by atoms with van der Waals surface area (Å²) in [5, 5.41) is 25.1. The van der Waals surface area contributed by atoms with Gasteiger partial charge in [-0.2, -0.15) is 10.5 Å². The number of aryl methyl sites for hydroxylation is 5. The highest BCUT2D eigenvalue weighted by Crippen LogP contribution is 2.54. The van der Waals surface area contributed by atoms with E-state index in [1.165, 1.54) is 308 Å². The summed E-state index contributed by atoms with van der Waals surface area (Å²) in [6.45, 7) is 16.6. The lowest BCUT2D eigenvalue weighted by Crippen LogP contribution is -2.07. The number of carbonyl (C=O) groups is 2. The van der Waals surface area contributed by atoms with Gasteiger partial charge in [0.05, 0.1) is 22.6 Å². The van der Waals surface area contributed by atoms with E-state index >= 15 is 0 Å². The fraction of sp³-hybridized carbons (Fsp3) is 0.613. The quantitative estimate of drug-likeness (QED) is 0.0163. The Morgan fingerprint density at radius 2 is 0.585 bits per heavy atom. The van der Waals surface area contributed by atoms with E-state index in [-0.39, 0.29) is 11.1 Å². The van der Waals surface area contributed by atoms with Gasteiger partial charge in [0.1, 0.15) is 23.3 Å². The summed E-state index contributed by atoms with van der Waals surface area (Å²) in [7, 11) is 0. The smallest absolute Gasteiger partial charge is 0.348 e. The third-order valence-corrected chi connectivity index (χ3v) is 30.1. The zero-order valence-corrected chi connectivity index (χ0v) is 72.2. The van der Waals surface area contributed by atoms with E-state index < -0.39 is 11.9 Å². The van der Waals surface area contributed by atoms with E-state index in [9.17, 15) is 20.1 Å². The lowest BCUT2D eigenvalue weighted by molar-refractivity contribution is -0.139. The van der Waals surface area contributed by atoms with Crippen molar-refractivity contribution in [1.82, 2.24) is 0 Å². The third-order valence-electron chi connectivity index (χ3n) is 21.1. The molecule has 0 bridgehead atoms. The molecule has 0 saturated heterocycles. The first-order chi connectivity index (χ1) is 52.1. The predicted molar refractivity (Wildman–Crippen MR) is 472 cm³/mol. The molecule has 0 amide bonds. The number of ether oxygens (including phenoxy) is 2. The van der Waals surface area contributed by atoms with Crippen molar-refractivity contribution in [2.75, 3.05) is 13.2 Å². The van der Waals surface area contributed by atoms with Gasteiger partial charge in [0.15, 0.2) is 0 Å². The van der Waals surface area contributed by atoms with Crippen LogP contribution in [0.25, 0.3) is 81.4 Å². The molecule has 0 saturated carbocycles. The van der Waals surface area contributed by atoms with E-state index in [1.54, 1.807) is 34.8 Å². The van der Waals surface area contributed by atoms with Crippen LogP contribution in [0, 0.1) is 22.7 Å². The molecule has 13 heteroatoms. The second kappa shape index (κ2) is 50.2. The largest absolute Gasteiger partial charge is 0.462 e. The molecule has 8 aromatic rings. The normalized spacial score (nSPS) is 12.1. The van der Waals surface area contributed by atoms with Gasteiger partial charge in [0.25, 0.3) is 0 Å². The number of thiophene rings is 7. The maximum atomic E-state index is 13.6. The molecule has 0 N–H and O–H groups in total. The minimum absolute atomic E-state index is 0.0799. The second-order valence-corrected chi connectivity index (χ2v) is 37.7. The summed E-state index contributed by atoms with van der Waals surface area (Å²) in [5.41, 5.74) is 5.69. The number of esters is 2. The van der Waals surface area contributed by atoms with Crippen LogP contribution >= 0.6 is 79.4 Å². The highest BCUT2D eigenvalue weighted by Gasteiger charge is 2.26. The van der Waals surface area contributed by atoms with E-state index in [1.807, 2.05) is 45.3 Å². The molecule has 0 aliphatic carbocycles. The van der Waals surface area contributed by atoms with Crippen LogP contribution in [0.5, 0.6) is 0 Å². The number of rotatable bonds is 58. The number of carbonyl (C=O) groups excluding carboxylic acids is 2. The van der Waals surface area contributed by atoms with Crippen LogP contribution in [0.3, 0.4) is 0 Å². The standard InChI is InChI=1S/C93H130N2O4S7/c1-8-15-22-29-36-41-48-55-75-64-78-79-65-83(87-71(53-46-39-32-25-18-11-4)62-81(103-87)85-69(51-44-37-30-23-16-9-2)58-76(101-85)60-73(67-94)92(96)98-56-49-42-34-27-20-13-6)105-90(79)91-80(89(78)100-75)66-84(106-91)88-72(54-47-40-33-26-19-12-5)63-82(104-88)86-70(52-45-38-31-24-17-10-3)59-77(102-86)61-74(68-95)93(97)99-57-50-43-35-28-21-14-7/h58-66H,8-57H2,1-7H3/b73-60+,74-61+. The van der Waals surface area contributed by atoms with Crippen molar-refractivity contribution >= 4 is 134 Å². The van der Waals surface area contributed by atoms with Crippen molar-refractivity contribution < 1.29 is 19.1 Å². The van der Waals surface area contributed by atoms with Gasteiger partial charge >= 0.3 is 11.9 Å². The van der Waals surface area contributed by atoms with Gasteiger partial charge in [-0.25, -0.2) is 9.59 Å². The maximum Gasteiger partial charge on any atom is 0.348 e. The van der Waals surface area contributed by atoms with Gasteiger partial charge in [0.2, 0.25) is 0 Å². The SMILES string of the molecule is CCCCCCCCCc1cc2c3cc(-c4sc(-c5sc(/C=C(\C#N)C(=O)OCCCCCCCC)cc5CCCCCCCC)cc4CCCCCCCC)sc3c3sc(-c4sc(-c5sc(/C=C(\C#N)C(=O)OCCCCCCCC)cc5CCCCCCCC)cc4CCCCCCCC)cc3c2s1. The molecule has 6 nitrogen and oxygen atoms in total. The Morgan fingerprint density at radius 3 is 0.943 bits per heavy atom. The molecule has 7 aromatic heterocycles. The number of hydrogen-bond donors (Lipinski definition) is 0. The van der Waals surface area contributed by atoms with Crippen LogP contribution in [0.15, 0.2) is 53.6 Å². The van der Waals surface area contributed by atoms with Gasteiger partial charge in [0, 0.05) is 74.5 Å². The Kier molecular flexibility index (Phi) is 41.2. The molecule has 8 rings (SSSR count). The molecule has 0 aliphatic rings. The summed E-state index contributed by atoms with van der Waals surface area (Å²) in [5.74, 6) is -1.03. The Labute approximate surface area is 669 Å². The van der Waals surface area contributed by atoms with Crippen LogP contribution < -0.4 is 0 Å². The monoisotopic (exact) mass is 1560 g/mol. The summed E-state index contributed by atoms with van der Waals surface area (Å²) < 4.78 is 15.7. The molecule has 0 aliphatic heterocycles. The average molecular weight is 1560 g/mol. The summed E-state index contributed by atoms with van der Waals surface area (Å²) >= 11 is 13.5. The van der Waals surface area contributed by atoms with Gasteiger partial charge in [-0.15, -0.1) is 79.4 Å². The minimum Gasteiger partial charge on any atom is -0.462 e. The molecule has 0 spiro atoms. The first-order valence-corrected chi connectivity index (χ1v) is 48.3. The highest BCUT2D eigenvalue weighted by atomic mass is 32.1. The predicted octanol–water partition coefficient (Wildman–Crippen LogP) is 32.8. The number of nitrogens with zero attached hydrogens (tertiary/aromatic N) is 2. The van der Waals surface area contributed by atoms with E-state index in [0.29, 0.717) is 13.2 Å². The fourth-order valence-corrected chi connectivity index (χ4v) is 23.9. The summed E-state index contributed by atoms with van der Waals surface area (Å²) in [6.07, 6.45) is 60.7. The first-order valence-electron chi connectivity index (χ1n) is 42.6. The second-order valence-electron chi connectivity index (χ2n) is 30.2. The van der Waals surface area contributed by atoms with Crippen molar-refractivity contribution in [3.63, 3.8) is 0 Å². The molecular weight excluding hydrogens is 1430 g/mol. The topological polar surface area (TPSA) is 100 Å². The number of fused-ring (bicyclic) bond motifs is 6. The lowest BCUT2D eigenvalue weighted by atomic mass is 10.0. The molecule has 106 heavy (non-hydrogen) atoms. The number of benzene rings is 1. The summed E-state index contributed by atoms with van der Waals surface area (Å²) in [6, 6.07) is 21.9. The van der Waals surface area contributed by atoms with Crippen LogP contribution in [0.1, 0.15) is 361 Å².